The first kappa shape index (κ1) is 12.2. The van der Waals surface area contributed by atoms with Gasteiger partial charge in [0.05, 0.1) is 24.0 Å². The van der Waals surface area contributed by atoms with Gasteiger partial charge in [0, 0.05) is 0 Å². The Bertz CT molecular complexity index is 365. The molecule has 1 aliphatic heterocycles. The maximum absolute atomic E-state index is 12.3. The van der Waals surface area contributed by atoms with Crippen LogP contribution >= 0.6 is 0 Å². The van der Waals surface area contributed by atoms with Gasteiger partial charge in [0.1, 0.15) is 0 Å². The van der Waals surface area contributed by atoms with Crippen LogP contribution in [0.15, 0.2) is 0 Å². The molecule has 1 heterocycles. The van der Waals surface area contributed by atoms with Crippen molar-refractivity contribution in [3.63, 3.8) is 0 Å². The maximum atomic E-state index is 12.3. The largest absolute Gasteiger partial charge is 0.388 e. The first-order valence-electron chi connectivity index (χ1n) is 7.11. The minimum atomic E-state index is -0.784. The molecule has 0 aromatic heterocycles. The molecule has 0 bridgehead atoms. The van der Waals surface area contributed by atoms with Gasteiger partial charge in [-0.3, -0.25) is 14.5 Å². The average molecular weight is 251 g/mol. The van der Waals surface area contributed by atoms with Crippen LogP contribution in [0, 0.1) is 17.8 Å². The number of hydrogen-bond donors (Lipinski definition) is 1. The molecule has 4 heteroatoms. The summed E-state index contributed by atoms with van der Waals surface area (Å²) < 4.78 is 0. The third kappa shape index (κ3) is 1.69. The molecule has 1 saturated heterocycles. The molecule has 2 unspecified atom stereocenters. The van der Waals surface area contributed by atoms with Gasteiger partial charge in [0.15, 0.2) is 0 Å². The molecule has 2 atom stereocenters. The quantitative estimate of drug-likeness (QED) is 0.770. The Morgan fingerprint density at radius 1 is 1.22 bits per heavy atom. The van der Waals surface area contributed by atoms with Crippen LogP contribution in [-0.4, -0.2) is 34.0 Å². The molecule has 2 aliphatic carbocycles. The molecule has 0 radical (unpaired) electrons. The fourth-order valence-electron chi connectivity index (χ4n) is 3.72. The van der Waals surface area contributed by atoms with Crippen molar-refractivity contribution < 1.29 is 14.7 Å². The molecular weight excluding hydrogens is 230 g/mol. The van der Waals surface area contributed by atoms with Gasteiger partial charge >= 0.3 is 0 Å². The maximum Gasteiger partial charge on any atom is 0.233 e. The number of imide groups is 1. The summed E-state index contributed by atoms with van der Waals surface area (Å²) in [4.78, 5) is 25.9. The van der Waals surface area contributed by atoms with Crippen molar-refractivity contribution in [1.29, 1.82) is 0 Å². The second-order valence-corrected chi connectivity index (χ2v) is 6.30. The Labute approximate surface area is 107 Å². The second-order valence-electron chi connectivity index (χ2n) is 6.30. The molecule has 3 aliphatic rings. The van der Waals surface area contributed by atoms with Crippen LogP contribution in [0.1, 0.15) is 45.4 Å². The Hall–Kier alpha value is -0.900. The molecule has 18 heavy (non-hydrogen) atoms. The van der Waals surface area contributed by atoms with Crippen LogP contribution in [0.2, 0.25) is 0 Å². The molecule has 2 saturated carbocycles. The van der Waals surface area contributed by atoms with Gasteiger partial charge in [-0.05, 0) is 38.0 Å². The molecule has 0 aromatic carbocycles. The van der Waals surface area contributed by atoms with Crippen LogP contribution in [0.3, 0.4) is 0 Å². The normalized spacial score (nSPS) is 37.9. The summed E-state index contributed by atoms with van der Waals surface area (Å²) in [5, 5.41) is 10.1. The third-order valence-corrected chi connectivity index (χ3v) is 5.14. The lowest BCUT2D eigenvalue weighted by Gasteiger charge is -2.39. The summed E-state index contributed by atoms with van der Waals surface area (Å²) in [5.41, 5.74) is -0.784. The number of nitrogens with zero attached hydrogens (tertiary/aromatic N) is 1. The topological polar surface area (TPSA) is 57.6 Å². The van der Waals surface area contributed by atoms with Crippen molar-refractivity contribution in [3.05, 3.63) is 0 Å². The number of hydrogen-bond acceptors (Lipinski definition) is 3. The number of likely N-dealkylation sites (tertiary alicyclic amines) is 1. The summed E-state index contributed by atoms with van der Waals surface area (Å²) in [6.45, 7) is 2.35. The summed E-state index contributed by atoms with van der Waals surface area (Å²) in [7, 11) is 0. The van der Waals surface area contributed by atoms with Gasteiger partial charge in [-0.15, -0.1) is 0 Å². The van der Waals surface area contributed by atoms with E-state index in [2.05, 4.69) is 6.92 Å². The Morgan fingerprint density at radius 2 is 1.78 bits per heavy atom. The molecule has 0 aromatic rings. The Kier molecular flexibility index (Phi) is 2.73. The molecule has 3 fully saturated rings. The van der Waals surface area contributed by atoms with Crippen LogP contribution < -0.4 is 0 Å². The molecule has 2 amide bonds. The molecule has 3 rings (SSSR count). The highest BCUT2D eigenvalue weighted by Gasteiger charge is 2.54. The molecule has 100 valence electrons. The summed E-state index contributed by atoms with van der Waals surface area (Å²) in [6, 6.07) is 0. The van der Waals surface area contributed by atoms with E-state index in [1.807, 2.05) is 0 Å². The third-order valence-electron chi connectivity index (χ3n) is 5.14. The van der Waals surface area contributed by atoms with Gasteiger partial charge in [0.2, 0.25) is 11.8 Å². The van der Waals surface area contributed by atoms with E-state index >= 15 is 0 Å². The van der Waals surface area contributed by atoms with Crippen LogP contribution in [0.5, 0.6) is 0 Å². The predicted molar refractivity (Wildman–Crippen MR) is 65.5 cm³/mol. The number of fused-ring (bicyclic) bond motifs is 1. The van der Waals surface area contributed by atoms with Crippen molar-refractivity contribution in [2.45, 2.75) is 51.0 Å². The van der Waals surface area contributed by atoms with E-state index in [4.69, 9.17) is 0 Å². The number of aliphatic hydroxyl groups is 1. The Balaban J connectivity index is 1.72. The van der Waals surface area contributed by atoms with Gasteiger partial charge in [-0.25, -0.2) is 0 Å². The standard InChI is InChI=1S/C14H21NO3/c1-2-9-6-10-11(7-9)13(17)15(12(10)16)8-14(18)4-3-5-14/h9-11,18H,2-8H2,1H3. The highest BCUT2D eigenvalue weighted by molar-refractivity contribution is 6.05. The van der Waals surface area contributed by atoms with E-state index in [0.717, 1.165) is 38.5 Å². The number of β-amino-alcohol motifs (C(OH)–C–C–N with tert-alkyl or cyclic N) is 1. The number of rotatable bonds is 3. The van der Waals surface area contributed by atoms with Gasteiger partial charge in [-0.1, -0.05) is 13.3 Å². The SMILES string of the molecule is CCC1CC2C(=O)N(CC3(O)CCC3)C(=O)C2C1. The van der Waals surface area contributed by atoms with Crippen LogP contribution in [-0.2, 0) is 9.59 Å². The van der Waals surface area contributed by atoms with Crippen molar-refractivity contribution >= 4 is 11.8 Å². The van der Waals surface area contributed by atoms with Crippen molar-refractivity contribution in [2.75, 3.05) is 6.54 Å². The molecule has 1 N–H and O–H groups in total. The summed E-state index contributed by atoms with van der Waals surface area (Å²) in [6.07, 6.45) is 5.21. The van der Waals surface area contributed by atoms with Gasteiger partial charge in [0.25, 0.3) is 0 Å². The van der Waals surface area contributed by atoms with E-state index < -0.39 is 5.60 Å². The van der Waals surface area contributed by atoms with E-state index in [1.165, 1.54) is 4.90 Å². The number of carbonyl (C=O) groups is 2. The van der Waals surface area contributed by atoms with Crippen molar-refractivity contribution in [2.24, 2.45) is 17.8 Å². The smallest absolute Gasteiger partial charge is 0.233 e. The second kappa shape index (κ2) is 4.05. The first-order chi connectivity index (χ1) is 8.54. The zero-order chi connectivity index (χ0) is 12.9. The van der Waals surface area contributed by atoms with Crippen molar-refractivity contribution in [1.82, 2.24) is 4.90 Å². The number of carbonyl (C=O) groups excluding carboxylic acids is 2. The zero-order valence-electron chi connectivity index (χ0n) is 10.9. The first-order valence-corrected chi connectivity index (χ1v) is 7.11. The fourth-order valence-corrected chi connectivity index (χ4v) is 3.72. The average Bonchev–Trinajstić information content (AvgIpc) is 2.83. The van der Waals surface area contributed by atoms with E-state index in [0.29, 0.717) is 5.92 Å². The zero-order valence-corrected chi connectivity index (χ0v) is 10.9. The van der Waals surface area contributed by atoms with Gasteiger partial charge in [-0.2, -0.15) is 0 Å². The lowest BCUT2D eigenvalue weighted by atomic mass is 9.80. The lowest BCUT2D eigenvalue weighted by molar-refractivity contribution is -0.147. The van der Waals surface area contributed by atoms with Gasteiger partial charge < -0.3 is 5.11 Å². The molecule has 0 spiro atoms. The summed E-state index contributed by atoms with van der Waals surface area (Å²) >= 11 is 0. The molecule has 4 nitrogen and oxygen atoms in total. The van der Waals surface area contributed by atoms with Crippen LogP contribution in [0.4, 0.5) is 0 Å². The van der Waals surface area contributed by atoms with Crippen LogP contribution in [0.25, 0.3) is 0 Å². The fraction of sp³-hybridized carbons (Fsp3) is 0.857. The highest BCUT2D eigenvalue weighted by atomic mass is 16.3. The lowest BCUT2D eigenvalue weighted by Crippen LogP contribution is -2.50. The highest BCUT2D eigenvalue weighted by Crippen LogP contribution is 2.45. The Morgan fingerprint density at radius 3 is 2.17 bits per heavy atom. The minimum absolute atomic E-state index is 0.0266. The van der Waals surface area contributed by atoms with E-state index in [-0.39, 0.29) is 30.2 Å². The predicted octanol–water partition coefficient (Wildman–Crippen LogP) is 1.32. The van der Waals surface area contributed by atoms with E-state index in [9.17, 15) is 14.7 Å². The van der Waals surface area contributed by atoms with Crippen molar-refractivity contribution in [3.8, 4) is 0 Å². The number of amides is 2. The summed E-state index contributed by atoms with van der Waals surface area (Å²) in [5.74, 6) is 0.293. The van der Waals surface area contributed by atoms with E-state index in [1.54, 1.807) is 0 Å². The monoisotopic (exact) mass is 251 g/mol. The minimum Gasteiger partial charge on any atom is -0.388 e. The molecular formula is C14H21NO3.